The van der Waals surface area contributed by atoms with Gasteiger partial charge in [0.1, 0.15) is 17.2 Å². The molecule has 0 unspecified atom stereocenters. The van der Waals surface area contributed by atoms with Crippen LogP contribution in [0.25, 0.3) is 21.9 Å². The van der Waals surface area contributed by atoms with Crippen LogP contribution < -0.4 is 15.7 Å². The highest BCUT2D eigenvalue weighted by molar-refractivity contribution is 6.33. The summed E-state index contributed by atoms with van der Waals surface area (Å²) in [6.45, 7) is 7.20. The molecule has 0 spiro atoms. The van der Waals surface area contributed by atoms with E-state index in [2.05, 4.69) is 10.3 Å². The largest absolute Gasteiger partial charge is 0.444 e. The topological polar surface area (TPSA) is 111 Å². The summed E-state index contributed by atoms with van der Waals surface area (Å²) < 4.78 is 16.3. The van der Waals surface area contributed by atoms with Crippen molar-refractivity contribution in [3.8, 4) is 5.75 Å². The number of ether oxygens (including phenoxy) is 2. The first-order valence-electron chi connectivity index (χ1n) is 12.1. The number of aromatic nitrogens is 1. The molecular formula is C28H29ClN2O6. The number of carbonyl (C=O) groups excluding carboxylic acids is 2. The zero-order chi connectivity index (χ0) is 26.7. The smallest absolute Gasteiger partial charge is 0.408 e. The van der Waals surface area contributed by atoms with E-state index in [1.165, 1.54) is 12.1 Å². The van der Waals surface area contributed by atoms with E-state index in [1.54, 1.807) is 33.0 Å². The van der Waals surface area contributed by atoms with Crippen molar-refractivity contribution < 1.29 is 23.5 Å². The van der Waals surface area contributed by atoms with Crippen molar-refractivity contribution in [1.82, 2.24) is 10.3 Å². The van der Waals surface area contributed by atoms with Crippen molar-refractivity contribution in [2.45, 2.75) is 58.6 Å². The fraction of sp³-hybridized carbons (Fsp3) is 0.321. The molecule has 4 aromatic rings. The zero-order valence-electron chi connectivity index (χ0n) is 21.1. The van der Waals surface area contributed by atoms with Gasteiger partial charge in [-0.2, -0.15) is 0 Å². The number of halogens is 1. The van der Waals surface area contributed by atoms with Crippen LogP contribution in [0.15, 0.2) is 57.9 Å². The number of carbonyl (C=O) groups is 2. The standard InChI is InChI=1S/C28H29ClN2O6/c1-5-8-16-12-25(32)35-23-14-24(20(29)13-19(16)23)36-26(33)22(31-27(34)37-28(2,3)4)11-17-15-30-21-10-7-6-9-18(17)21/h6-7,9-10,12-15,22,30H,5,8,11H2,1-4H3,(H,31,34)/t22-/m0/s1. The fourth-order valence-corrected chi connectivity index (χ4v) is 4.33. The Labute approximate surface area is 218 Å². The second-order valence-corrected chi connectivity index (χ2v) is 10.2. The van der Waals surface area contributed by atoms with Gasteiger partial charge in [-0.25, -0.2) is 14.4 Å². The van der Waals surface area contributed by atoms with Crippen LogP contribution in [0.1, 0.15) is 45.2 Å². The lowest BCUT2D eigenvalue weighted by molar-refractivity contribution is -0.136. The lowest BCUT2D eigenvalue weighted by atomic mass is 10.0. The Hall–Kier alpha value is -3.78. The van der Waals surface area contributed by atoms with Crippen molar-refractivity contribution in [2.75, 3.05) is 0 Å². The third-order valence-electron chi connectivity index (χ3n) is 5.69. The Bertz CT molecular complexity index is 1510. The number of alkyl carbamates (subject to hydrolysis) is 1. The van der Waals surface area contributed by atoms with Gasteiger partial charge in [0.25, 0.3) is 0 Å². The molecule has 2 aromatic heterocycles. The van der Waals surface area contributed by atoms with Gasteiger partial charge in [-0.15, -0.1) is 0 Å². The number of fused-ring (bicyclic) bond motifs is 2. The molecule has 8 nitrogen and oxygen atoms in total. The number of para-hydroxylation sites is 1. The van der Waals surface area contributed by atoms with Gasteiger partial charge < -0.3 is 24.2 Å². The molecule has 0 fully saturated rings. The number of benzene rings is 2. The van der Waals surface area contributed by atoms with E-state index in [0.29, 0.717) is 11.8 Å². The average molecular weight is 525 g/mol. The summed E-state index contributed by atoms with van der Waals surface area (Å²) in [7, 11) is 0. The van der Waals surface area contributed by atoms with E-state index < -0.39 is 29.3 Å². The first-order chi connectivity index (χ1) is 17.5. The summed E-state index contributed by atoms with van der Waals surface area (Å²) in [5.41, 5.74) is 1.52. The normalized spacial score (nSPS) is 12.5. The number of hydrogen-bond acceptors (Lipinski definition) is 6. The quantitative estimate of drug-likeness (QED) is 0.176. The van der Waals surface area contributed by atoms with E-state index in [9.17, 15) is 14.4 Å². The molecule has 2 N–H and O–H groups in total. The Balaban J connectivity index is 1.65. The second-order valence-electron chi connectivity index (χ2n) is 9.80. The second kappa shape index (κ2) is 10.7. The minimum atomic E-state index is -1.08. The predicted molar refractivity (Wildman–Crippen MR) is 142 cm³/mol. The molecule has 4 rings (SSSR count). The zero-order valence-corrected chi connectivity index (χ0v) is 21.9. The Kier molecular flexibility index (Phi) is 7.59. The van der Waals surface area contributed by atoms with E-state index in [-0.39, 0.29) is 22.8 Å². The SMILES string of the molecule is CCCc1cc(=O)oc2cc(OC(=O)[C@H](Cc3c[nH]c4ccccc34)NC(=O)OC(C)(C)C)c(Cl)cc12. The van der Waals surface area contributed by atoms with E-state index in [1.807, 2.05) is 31.2 Å². The third kappa shape index (κ3) is 6.32. The number of esters is 1. The Morgan fingerprint density at radius 2 is 1.86 bits per heavy atom. The summed E-state index contributed by atoms with van der Waals surface area (Å²) in [4.78, 5) is 41.1. The minimum absolute atomic E-state index is 0.0193. The highest BCUT2D eigenvalue weighted by Gasteiger charge is 2.28. The summed E-state index contributed by atoms with van der Waals surface area (Å²) in [5, 5.41) is 4.39. The summed E-state index contributed by atoms with van der Waals surface area (Å²) in [6, 6.07) is 11.0. The molecule has 0 radical (unpaired) electrons. The van der Waals surface area contributed by atoms with Crippen molar-refractivity contribution >= 4 is 45.5 Å². The van der Waals surface area contributed by atoms with Gasteiger partial charge in [-0.05, 0) is 50.5 Å². The number of aryl methyl sites for hydroxylation is 1. The maximum atomic E-state index is 13.3. The molecule has 9 heteroatoms. The molecule has 1 amide bonds. The van der Waals surface area contributed by atoms with E-state index in [0.717, 1.165) is 28.5 Å². The average Bonchev–Trinajstić information content (AvgIpc) is 3.21. The van der Waals surface area contributed by atoms with Crippen LogP contribution >= 0.6 is 11.6 Å². The minimum Gasteiger partial charge on any atom is -0.444 e. The molecule has 0 aliphatic rings. The predicted octanol–water partition coefficient (Wildman–Crippen LogP) is 5.92. The van der Waals surface area contributed by atoms with Gasteiger partial charge in [-0.3, -0.25) is 0 Å². The molecule has 37 heavy (non-hydrogen) atoms. The third-order valence-corrected chi connectivity index (χ3v) is 5.98. The van der Waals surface area contributed by atoms with E-state index >= 15 is 0 Å². The van der Waals surface area contributed by atoms with E-state index in [4.69, 9.17) is 25.5 Å². The molecule has 0 bridgehead atoms. The van der Waals surface area contributed by atoms with Gasteiger partial charge >= 0.3 is 17.7 Å². The van der Waals surface area contributed by atoms with Gasteiger partial charge in [-0.1, -0.05) is 43.1 Å². The summed E-state index contributed by atoms with van der Waals surface area (Å²) >= 11 is 6.46. The van der Waals surface area contributed by atoms with Crippen molar-refractivity contribution in [3.63, 3.8) is 0 Å². The van der Waals surface area contributed by atoms with Gasteiger partial charge in [0.15, 0.2) is 5.75 Å². The van der Waals surface area contributed by atoms with Crippen molar-refractivity contribution in [2.24, 2.45) is 0 Å². The molecule has 0 aliphatic heterocycles. The molecule has 2 aromatic carbocycles. The number of rotatable bonds is 7. The fourth-order valence-electron chi connectivity index (χ4n) is 4.13. The molecule has 1 atom stereocenters. The highest BCUT2D eigenvalue weighted by atomic mass is 35.5. The molecule has 0 saturated heterocycles. The first kappa shape index (κ1) is 26.3. The van der Waals surface area contributed by atoms with Crippen LogP contribution in [-0.2, 0) is 22.4 Å². The molecule has 194 valence electrons. The molecular weight excluding hydrogens is 496 g/mol. The summed E-state index contributed by atoms with van der Waals surface area (Å²) in [6.07, 6.45) is 2.68. The number of amides is 1. The van der Waals surface area contributed by atoms with Crippen molar-refractivity contribution in [3.05, 3.63) is 75.2 Å². The van der Waals surface area contributed by atoms with Crippen LogP contribution in [0.3, 0.4) is 0 Å². The van der Waals surface area contributed by atoms with Crippen LogP contribution in [0.2, 0.25) is 5.02 Å². The number of H-pyrrole nitrogens is 1. The maximum absolute atomic E-state index is 13.3. The van der Waals surface area contributed by atoms with Gasteiger partial charge in [0.05, 0.1) is 5.02 Å². The maximum Gasteiger partial charge on any atom is 0.408 e. The Morgan fingerprint density at radius 1 is 1.11 bits per heavy atom. The highest BCUT2D eigenvalue weighted by Crippen LogP contribution is 2.32. The summed E-state index contributed by atoms with van der Waals surface area (Å²) in [5.74, 6) is -0.727. The Morgan fingerprint density at radius 3 is 2.59 bits per heavy atom. The van der Waals surface area contributed by atoms with Crippen LogP contribution in [0.5, 0.6) is 5.75 Å². The molecule has 0 aliphatic carbocycles. The van der Waals surface area contributed by atoms with Crippen LogP contribution in [0, 0.1) is 0 Å². The monoisotopic (exact) mass is 524 g/mol. The van der Waals surface area contributed by atoms with Crippen molar-refractivity contribution in [1.29, 1.82) is 0 Å². The first-order valence-corrected chi connectivity index (χ1v) is 12.4. The lowest BCUT2D eigenvalue weighted by Crippen LogP contribution is -2.46. The molecule has 0 saturated carbocycles. The van der Waals surface area contributed by atoms with Gasteiger partial charge in [0, 0.05) is 41.0 Å². The van der Waals surface area contributed by atoms with Crippen LogP contribution in [0.4, 0.5) is 4.79 Å². The molecule has 2 heterocycles. The van der Waals surface area contributed by atoms with Crippen LogP contribution in [-0.4, -0.2) is 28.7 Å². The number of aromatic amines is 1. The number of nitrogens with one attached hydrogen (secondary N) is 2. The van der Waals surface area contributed by atoms with Gasteiger partial charge in [0.2, 0.25) is 0 Å². The number of hydrogen-bond donors (Lipinski definition) is 2. The lowest BCUT2D eigenvalue weighted by Gasteiger charge is -2.23.